The summed E-state index contributed by atoms with van der Waals surface area (Å²) in [6.45, 7) is 1.09. The minimum atomic E-state index is -1.79. The van der Waals surface area contributed by atoms with E-state index in [9.17, 15) is 13.4 Å². The first kappa shape index (κ1) is 14.0. The highest BCUT2D eigenvalue weighted by atomic mass is 32.2. The van der Waals surface area contributed by atoms with Crippen molar-refractivity contribution in [2.24, 2.45) is 0 Å². The van der Waals surface area contributed by atoms with Crippen LogP contribution in [-0.2, 0) is 16.0 Å². The topological polar surface area (TPSA) is 70.7 Å². The second-order valence-electron chi connectivity index (χ2n) is 4.65. The van der Waals surface area contributed by atoms with Gasteiger partial charge in [-0.2, -0.15) is 0 Å². The standard InChI is InChI=1S/C13H14FN3O3S/c1-20-10-3-2-9(8-4-5-15-6-8)12(14)13(10)17-7-11(18)16-21(17)19/h2-4,15H,5-7H2,1H3,(H,16,18). The Morgan fingerprint density at radius 1 is 1.43 bits per heavy atom. The van der Waals surface area contributed by atoms with Gasteiger partial charge in [0.2, 0.25) is 11.2 Å². The lowest BCUT2D eigenvalue weighted by Crippen LogP contribution is -2.24. The number of anilines is 1. The molecule has 3 rings (SSSR count). The number of methoxy groups -OCH3 is 1. The molecule has 112 valence electrons. The van der Waals surface area contributed by atoms with Crippen LogP contribution >= 0.6 is 0 Å². The van der Waals surface area contributed by atoms with Crippen LogP contribution in [0.1, 0.15) is 5.56 Å². The van der Waals surface area contributed by atoms with Crippen LogP contribution in [0.5, 0.6) is 5.75 Å². The highest BCUT2D eigenvalue weighted by molar-refractivity contribution is 7.85. The van der Waals surface area contributed by atoms with E-state index in [2.05, 4.69) is 10.0 Å². The normalized spacial score (nSPS) is 21.4. The molecule has 0 aromatic heterocycles. The minimum absolute atomic E-state index is 0.0412. The summed E-state index contributed by atoms with van der Waals surface area (Å²) in [5.41, 5.74) is 1.30. The molecule has 1 fully saturated rings. The highest BCUT2D eigenvalue weighted by Gasteiger charge is 2.32. The predicted octanol–water partition coefficient (Wildman–Crippen LogP) is 0.336. The summed E-state index contributed by atoms with van der Waals surface area (Å²) in [6.07, 6.45) is 1.90. The van der Waals surface area contributed by atoms with Crippen molar-refractivity contribution in [3.63, 3.8) is 0 Å². The van der Waals surface area contributed by atoms with Gasteiger partial charge >= 0.3 is 0 Å². The molecule has 2 N–H and O–H groups in total. The molecule has 2 heterocycles. The number of benzene rings is 1. The Bertz CT molecular complexity index is 662. The van der Waals surface area contributed by atoms with E-state index in [1.165, 1.54) is 11.4 Å². The summed E-state index contributed by atoms with van der Waals surface area (Å²) in [5.74, 6) is -0.705. The molecule has 0 saturated carbocycles. The van der Waals surface area contributed by atoms with Gasteiger partial charge in [0.25, 0.3) is 5.91 Å². The van der Waals surface area contributed by atoms with Gasteiger partial charge in [-0.15, -0.1) is 0 Å². The zero-order chi connectivity index (χ0) is 15.0. The second-order valence-corrected chi connectivity index (χ2v) is 5.79. The molecule has 1 atom stereocenters. The monoisotopic (exact) mass is 311 g/mol. The van der Waals surface area contributed by atoms with Gasteiger partial charge in [0.1, 0.15) is 18.0 Å². The first-order valence-electron chi connectivity index (χ1n) is 6.37. The molecule has 1 saturated heterocycles. The maximum Gasteiger partial charge on any atom is 0.253 e. The molecule has 1 aromatic rings. The smallest absolute Gasteiger partial charge is 0.253 e. The van der Waals surface area contributed by atoms with E-state index in [1.807, 2.05) is 6.08 Å². The molecule has 0 radical (unpaired) electrons. The summed E-state index contributed by atoms with van der Waals surface area (Å²) < 4.78 is 35.3. The van der Waals surface area contributed by atoms with E-state index in [4.69, 9.17) is 4.74 Å². The molecule has 0 aliphatic carbocycles. The van der Waals surface area contributed by atoms with E-state index in [1.54, 1.807) is 12.1 Å². The number of nitrogens with zero attached hydrogens (tertiary/aromatic N) is 1. The average Bonchev–Trinajstić information content (AvgIpc) is 3.08. The van der Waals surface area contributed by atoms with Crippen molar-refractivity contribution in [1.29, 1.82) is 0 Å². The van der Waals surface area contributed by atoms with Gasteiger partial charge in [-0.1, -0.05) is 6.08 Å². The number of halogens is 1. The molecule has 8 heteroatoms. The molecule has 0 bridgehead atoms. The molecule has 1 unspecified atom stereocenters. The number of hydrogen-bond donors (Lipinski definition) is 2. The van der Waals surface area contributed by atoms with Gasteiger partial charge in [0, 0.05) is 18.7 Å². The molecule has 6 nitrogen and oxygen atoms in total. The van der Waals surface area contributed by atoms with E-state index in [0.717, 1.165) is 5.57 Å². The SMILES string of the molecule is COc1ccc(C2=CCNC2)c(F)c1N1CC(=O)NS1=O. The molecular weight excluding hydrogens is 297 g/mol. The summed E-state index contributed by atoms with van der Waals surface area (Å²) >= 11 is -1.79. The Hall–Kier alpha value is -1.93. The summed E-state index contributed by atoms with van der Waals surface area (Å²) in [4.78, 5) is 11.4. The maximum absolute atomic E-state index is 14.9. The van der Waals surface area contributed by atoms with Gasteiger partial charge in [0.15, 0.2) is 5.82 Å². The van der Waals surface area contributed by atoms with Crippen molar-refractivity contribution < 1.29 is 18.1 Å². The van der Waals surface area contributed by atoms with Gasteiger partial charge in [-0.3, -0.25) is 13.8 Å². The average molecular weight is 311 g/mol. The van der Waals surface area contributed by atoms with Crippen molar-refractivity contribution in [2.45, 2.75) is 0 Å². The molecule has 2 aliphatic rings. The van der Waals surface area contributed by atoms with Crippen LogP contribution in [0.2, 0.25) is 0 Å². The van der Waals surface area contributed by atoms with Crippen LogP contribution in [-0.4, -0.2) is 36.9 Å². The zero-order valence-corrected chi connectivity index (χ0v) is 12.1. The van der Waals surface area contributed by atoms with Gasteiger partial charge in [-0.25, -0.2) is 8.60 Å². The number of hydrogen-bond acceptors (Lipinski definition) is 4. The number of ether oxygens (including phenoxy) is 1. The zero-order valence-electron chi connectivity index (χ0n) is 11.3. The lowest BCUT2D eigenvalue weighted by molar-refractivity contribution is -0.117. The van der Waals surface area contributed by atoms with E-state index in [-0.39, 0.29) is 18.0 Å². The van der Waals surface area contributed by atoms with Crippen molar-refractivity contribution in [1.82, 2.24) is 10.0 Å². The van der Waals surface area contributed by atoms with E-state index < -0.39 is 22.9 Å². The van der Waals surface area contributed by atoms with Crippen molar-refractivity contribution in [3.8, 4) is 5.75 Å². The van der Waals surface area contributed by atoms with Gasteiger partial charge in [-0.05, 0) is 17.7 Å². The number of amides is 1. The third kappa shape index (κ3) is 2.40. The van der Waals surface area contributed by atoms with Gasteiger partial charge in [0.05, 0.1) is 7.11 Å². The van der Waals surface area contributed by atoms with Crippen molar-refractivity contribution >= 4 is 28.3 Å². The molecule has 2 aliphatic heterocycles. The number of rotatable bonds is 3. The number of carbonyl (C=O) groups is 1. The van der Waals surface area contributed by atoms with Crippen LogP contribution in [0, 0.1) is 5.82 Å². The molecule has 21 heavy (non-hydrogen) atoms. The summed E-state index contributed by atoms with van der Waals surface area (Å²) in [6, 6.07) is 3.25. The highest BCUT2D eigenvalue weighted by Crippen LogP contribution is 2.37. The molecule has 1 aromatic carbocycles. The fourth-order valence-electron chi connectivity index (χ4n) is 2.41. The Balaban J connectivity index is 2.11. The fourth-order valence-corrected chi connectivity index (χ4v) is 3.35. The molecule has 0 spiro atoms. The lowest BCUT2D eigenvalue weighted by atomic mass is 10.0. The van der Waals surface area contributed by atoms with Crippen LogP contribution in [0.15, 0.2) is 18.2 Å². The second kappa shape index (κ2) is 5.45. The molecular formula is C13H14FN3O3S. The van der Waals surface area contributed by atoms with Gasteiger partial charge < -0.3 is 10.1 Å². The first-order chi connectivity index (χ1) is 10.1. The van der Waals surface area contributed by atoms with Crippen LogP contribution in [0.25, 0.3) is 5.57 Å². The van der Waals surface area contributed by atoms with Crippen LogP contribution in [0.3, 0.4) is 0 Å². The van der Waals surface area contributed by atoms with E-state index in [0.29, 0.717) is 18.7 Å². The van der Waals surface area contributed by atoms with Crippen molar-refractivity contribution in [3.05, 3.63) is 29.6 Å². The Labute approximate surface area is 123 Å². The van der Waals surface area contributed by atoms with E-state index >= 15 is 0 Å². The number of carbonyl (C=O) groups excluding carboxylic acids is 1. The predicted molar refractivity (Wildman–Crippen MR) is 77.4 cm³/mol. The minimum Gasteiger partial charge on any atom is -0.494 e. The Morgan fingerprint density at radius 2 is 2.24 bits per heavy atom. The molecule has 1 amide bonds. The summed E-state index contributed by atoms with van der Waals surface area (Å²) in [5, 5.41) is 3.10. The first-order valence-corrected chi connectivity index (χ1v) is 7.48. The largest absolute Gasteiger partial charge is 0.494 e. The Kier molecular flexibility index (Phi) is 3.64. The van der Waals surface area contributed by atoms with Crippen LogP contribution in [0.4, 0.5) is 10.1 Å². The maximum atomic E-state index is 14.9. The fraction of sp³-hybridized carbons (Fsp3) is 0.308. The quantitative estimate of drug-likeness (QED) is 0.844. The third-order valence-corrected chi connectivity index (χ3v) is 4.51. The Morgan fingerprint density at radius 3 is 2.81 bits per heavy atom. The van der Waals surface area contributed by atoms with Crippen molar-refractivity contribution in [2.75, 3.05) is 31.0 Å². The van der Waals surface area contributed by atoms with Crippen LogP contribution < -0.4 is 19.1 Å². The lowest BCUT2D eigenvalue weighted by Gasteiger charge is -2.19. The third-order valence-electron chi connectivity index (χ3n) is 3.39. The number of nitrogens with one attached hydrogen (secondary N) is 2. The summed E-state index contributed by atoms with van der Waals surface area (Å²) in [7, 11) is 1.41.